The van der Waals surface area contributed by atoms with Crippen LogP contribution in [0.1, 0.15) is 53.4 Å². The molecule has 6 nitrogen and oxygen atoms in total. The lowest BCUT2D eigenvalue weighted by Gasteiger charge is -2.32. The van der Waals surface area contributed by atoms with Gasteiger partial charge >= 0.3 is 6.09 Å². The number of alkyl carbamates (subject to hydrolysis) is 1. The predicted octanol–water partition coefficient (Wildman–Crippen LogP) is 2.70. The fourth-order valence-electron chi connectivity index (χ4n) is 3.04. The number of hydrogen-bond donors (Lipinski definition) is 2. The summed E-state index contributed by atoms with van der Waals surface area (Å²) in [6.45, 7) is 8.78. The van der Waals surface area contributed by atoms with Crippen molar-refractivity contribution in [3.05, 3.63) is 18.7 Å². The largest absolute Gasteiger partial charge is 0.444 e. The Kier molecular flexibility index (Phi) is 6.04. The van der Waals surface area contributed by atoms with Crippen LogP contribution < -0.4 is 10.6 Å². The van der Waals surface area contributed by atoms with Crippen LogP contribution >= 0.6 is 0 Å². The maximum Gasteiger partial charge on any atom is 0.407 e. The molecule has 1 heterocycles. The normalized spacial score (nSPS) is 23.3. The van der Waals surface area contributed by atoms with Crippen molar-refractivity contribution in [2.24, 2.45) is 0 Å². The van der Waals surface area contributed by atoms with E-state index in [1.807, 2.05) is 33.3 Å². The van der Waals surface area contributed by atoms with E-state index in [0.29, 0.717) is 12.1 Å². The minimum Gasteiger partial charge on any atom is -0.444 e. The first kappa shape index (κ1) is 17.8. The molecule has 1 aliphatic rings. The number of carbonyl (C=O) groups is 1. The van der Waals surface area contributed by atoms with Crippen molar-refractivity contribution in [3.63, 3.8) is 0 Å². The lowest BCUT2D eigenvalue weighted by Crippen LogP contribution is -2.46. The quantitative estimate of drug-likeness (QED) is 0.874. The van der Waals surface area contributed by atoms with Crippen LogP contribution in [0.25, 0.3) is 0 Å². The van der Waals surface area contributed by atoms with Crippen molar-refractivity contribution >= 4 is 6.09 Å². The summed E-state index contributed by atoms with van der Waals surface area (Å²) in [4.78, 5) is 15.9. The van der Waals surface area contributed by atoms with Crippen molar-refractivity contribution in [2.75, 3.05) is 0 Å². The van der Waals surface area contributed by atoms with E-state index in [1.165, 1.54) is 0 Å². The lowest BCUT2D eigenvalue weighted by atomic mass is 9.91. The molecule has 1 atom stereocenters. The van der Waals surface area contributed by atoms with Gasteiger partial charge in [-0.05, 0) is 53.4 Å². The van der Waals surface area contributed by atoms with E-state index < -0.39 is 5.60 Å². The molecule has 0 saturated heterocycles. The van der Waals surface area contributed by atoms with Crippen LogP contribution in [-0.2, 0) is 11.3 Å². The number of ether oxygens (including phenoxy) is 1. The first-order valence-corrected chi connectivity index (χ1v) is 8.53. The molecule has 1 aromatic rings. The highest BCUT2D eigenvalue weighted by molar-refractivity contribution is 5.68. The van der Waals surface area contributed by atoms with Crippen LogP contribution in [0.3, 0.4) is 0 Å². The van der Waals surface area contributed by atoms with Gasteiger partial charge in [0.2, 0.25) is 0 Å². The Morgan fingerprint density at radius 3 is 2.52 bits per heavy atom. The van der Waals surface area contributed by atoms with E-state index in [0.717, 1.165) is 32.2 Å². The number of rotatable bonds is 5. The second-order valence-corrected chi connectivity index (χ2v) is 7.52. The maximum absolute atomic E-state index is 11.8. The van der Waals surface area contributed by atoms with Crippen LogP contribution in [0.2, 0.25) is 0 Å². The van der Waals surface area contributed by atoms with Crippen molar-refractivity contribution in [1.82, 2.24) is 20.2 Å². The smallest absolute Gasteiger partial charge is 0.407 e. The van der Waals surface area contributed by atoms with Crippen LogP contribution in [0.15, 0.2) is 18.7 Å². The number of nitrogens with one attached hydrogen (secondary N) is 2. The molecule has 130 valence electrons. The highest BCUT2D eigenvalue weighted by Crippen LogP contribution is 2.20. The maximum atomic E-state index is 11.8. The SMILES string of the molecule is CC(Cn1ccnc1)NC1CCC(NC(=O)OC(C)(C)C)CC1. The van der Waals surface area contributed by atoms with Gasteiger partial charge in [-0.3, -0.25) is 0 Å². The zero-order chi connectivity index (χ0) is 16.9. The molecule has 1 saturated carbocycles. The molecule has 0 spiro atoms. The molecule has 2 rings (SSSR count). The molecule has 23 heavy (non-hydrogen) atoms. The molecule has 1 fully saturated rings. The molecule has 1 aromatic heterocycles. The molecule has 1 amide bonds. The molecule has 2 N–H and O–H groups in total. The molecule has 1 unspecified atom stereocenters. The molecule has 0 aromatic carbocycles. The fourth-order valence-corrected chi connectivity index (χ4v) is 3.04. The Bertz CT molecular complexity index is 473. The highest BCUT2D eigenvalue weighted by Gasteiger charge is 2.25. The van der Waals surface area contributed by atoms with Crippen molar-refractivity contribution < 1.29 is 9.53 Å². The van der Waals surface area contributed by atoms with Gasteiger partial charge in [-0.25, -0.2) is 9.78 Å². The second-order valence-electron chi connectivity index (χ2n) is 7.52. The number of nitrogens with zero attached hydrogens (tertiary/aromatic N) is 2. The van der Waals surface area contributed by atoms with E-state index in [-0.39, 0.29) is 12.1 Å². The van der Waals surface area contributed by atoms with Gasteiger partial charge in [0.25, 0.3) is 0 Å². The van der Waals surface area contributed by atoms with Gasteiger partial charge in [-0.2, -0.15) is 0 Å². The monoisotopic (exact) mass is 322 g/mol. The zero-order valence-electron chi connectivity index (χ0n) is 14.7. The van der Waals surface area contributed by atoms with Crippen LogP contribution in [-0.4, -0.2) is 39.4 Å². The number of imidazole rings is 1. The van der Waals surface area contributed by atoms with Gasteiger partial charge < -0.3 is 19.9 Å². The van der Waals surface area contributed by atoms with E-state index in [2.05, 4.69) is 27.1 Å². The topological polar surface area (TPSA) is 68.2 Å². The second kappa shape index (κ2) is 7.81. The number of amides is 1. The standard InChI is InChI=1S/C17H30N4O2/c1-13(11-21-10-9-18-12-21)19-14-5-7-15(8-6-14)20-16(22)23-17(2,3)4/h9-10,12-15,19H,5-8,11H2,1-4H3,(H,20,22). The van der Waals surface area contributed by atoms with Crippen molar-refractivity contribution in [3.8, 4) is 0 Å². The summed E-state index contributed by atoms with van der Waals surface area (Å²) in [5.41, 5.74) is -0.439. The minimum atomic E-state index is -0.439. The van der Waals surface area contributed by atoms with Gasteiger partial charge in [0, 0.05) is 37.1 Å². The number of hydrogen-bond acceptors (Lipinski definition) is 4. The van der Waals surface area contributed by atoms with Gasteiger partial charge in [-0.15, -0.1) is 0 Å². The molecular weight excluding hydrogens is 292 g/mol. The molecular formula is C17H30N4O2. The summed E-state index contributed by atoms with van der Waals surface area (Å²) < 4.78 is 7.41. The first-order chi connectivity index (χ1) is 10.8. The lowest BCUT2D eigenvalue weighted by molar-refractivity contribution is 0.0489. The Hall–Kier alpha value is -1.56. The van der Waals surface area contributed by atoms with Crippen LogP contribution in [0.4, 0.5) is 4.79 Å². The average Bonchev–Trinajstić information content (AvgIpc) is 2.91. The Balaban J connectivity index is 1.66. The Morgan fingerprint density at radius 1 is 1.30 bits per heavy atom. The molecule has 0 radical (unpaired) electrons. The number of aromatic nitrogens is 2. The molecule has 0 aliphatic heterocycles. The summed E-state index contributed by atoms with van der Waals surface area (Å²) in [5, 5.41) is 6.66. The summed E-state index contributed by atoms with van der Waals surface area (Å²) in [6, 6.07) is 1.15. The summed E-state index contributed by atoms with van der Waals surface area (Å²) in [5.74, 6) is 0. The third-order valence-corrected chi connectivity index (χ3v) is 4.01. The predicted molar refractivity (Wildman–Crippen MR) is 90.2 cm³/mol. The van der Waals surface area contributed by atoms with E-state index in [1.54, 1.807) is 6.20 Å². The third kappa shape index (κ3) is 6.60. The summed E-state index contributed by atoms with van der Waals surface area (Å²) in [7, 11) is 0. The summed E-state index contributed by atoms with van der Waals surface area (Å²) in [6.07, 6.45) is 9.48. The van der Waals surface area contributed by atoms with Crippen molar-refractivity contribution in [2.45, 2.75) is 83.6 Å². The molecule has 6 heteroatoms. The van der Waals surface area contributed by atoms with Gasteiger partial charge in [0.05, 0.1) is 6.33 Å². The van der Waals surface area contributed by atoms with E-state index in [4.69, 9.17) is 4.74 Å². The van der Waals surface area contributed by atoms with E-state index in [9.17, 15) is 4.79 Å². The highest BCUT2D eigenvalue weighted by atomic mass is 16.6. The fraction of sp³-hybridized carbons (Fsp3) is 0.765. The van der Waals surface area contributed by atoms with Crippen LogP contribution in [0, 0.1) is 0 Å². The van der Waals surface area contributed by atoms with Gasteiger partial charge in [0.15, 0.2) is 0 Å². The van der Waals surface area contributed by atoms with Crippen LogP contribution in [0.5, 0.6) is 0 Å². The molecule has 1 aliphatic carbocycles. The molecule has 0 bridgehead atoms. The Labute approximate surface area is 139 Å². The average molecular weight is 322 g/mol. The van der Waals surface area contributed by atoms with E-state index >= 15 is 0 Å². The minimum absolute atomic E-state index is 0.229. The number of carbonyl (C=O) groups excluding carboxylic acids is 1. The summed E-state index contributed by atoms with van der Waals surface area (Å²) >= 11 is 0. The van der Waals surface area contributed by atoms with Gasteiger partial charge in [-0.1, -0.05) is 0 Å². The zero-order valence-corrected chi connectivity index (χ0v) is 14.7. The van der Waals surface area contributed by atoms with Crippen molar-refractivity contribution in [1.29, 1.82) is 0 Å². The Morgan fingerprint density at radius 2 is 1.96 bits per heavy atom. The third-order valence-electron chi connectivity index (χ3n) is 4.01. The van der Waals surface area contributed by atoms with Gasteiger partial charge in [0.1, 0.15) is 5.60 Å². The first-order valence-electron chi connectivity index (χ1n) is 8.53.